The molecular formula is C15H15BrO2. The zero-order valence-electron chi connectivity index (χ0n) is 10.2. The summed E-state index contributed by atoms with van der Waals surface area (Å²) in [5.41, 5.74) is 2.34. The van der Waals surface area contributed by atoms with Crippen LogP contribution in [0.4, 0.5) is 0 Å². The molecule has 0 aliphatic rings. The molecule has 0 atom stereocenters. The molecular weight excluding hydrogens is 292 g/mol. The summed E-state index contributed by atoms with van der Waals surface area (Å²) in [7, 11) is 1.66. The van der Waals surface area contributed by atoms with Gasteiger partial charge in [-0.1, -0.05) is 40.2 Å². The molecule has 0 fully saturated rings. The molecule has 2 aromatic carbocycles. The van der Waals surface area contributed by atoms with Crippen molar-refractivity contribution in [3.63, 3.8) is 0 Å². The lowest BCUT2D eigenvalue weighted by atomic mass is 10.2. The molecule has 0 N–H and O–H groups in total. The Morgan fingerprint density at radius 1 is 0.944 bits per heavy atom. The van der Waals surface area contributed by atoms with E-state index in [0.717, 1.165) is 22.4 Å². The van der Waals surface area contributed by atoms with E-state index in [9.17, 15) is 0 Å². The first-order valence-electron chi connectivity index (χ1n) is 5.72. The summed E-state index contributed by atoms with van der Waals surface area (Å²) in [5, 5.41) is 0.840. The van der Waals surface area contributed by atoms with Crippen LogP contribution >= 0.6 is 15.9 Å². The van der Waals surface area contributed by atoms with Gasteiger partial charge in [0.15, 0.2) is 0 Å². The molecule has 0 amide bonds. The molecule has 0 heterocycles. The van der Waals surface area contributed by atoms with Crippen molar-refractivity contribution in [1.82, 2.24) is 0 Å². The lowest BCUT2D eigenvalue weighted by molar-refractivity contribution is 0.306. The third-order valence-corrected chi connectivity index (χ3v) is 3.26. The first kappa shape index (κ1) is 13.0. The van der Waals surface area contributed by atoms with E-state index in [1.807, 2.05) is 42.5 Å². The van der Waals surface area contributed by atoms with Crippen LogP contribution in [-0.2, 0) is 11.9 Å². The van der Waals surface area contributed by atoms with E-state index >= 15 is 0 Å². The molecule has 2 aromatic rings. The van der Waals surface area contributed by atoms with Crippen LogP contribution in [0, 0.1) is 0 Å². The van der Waals surface area contributed by atoms with Gasteiger partial charge in [0.25, 0.3) is 0 Å². The highest BCUT2D eigenvalue weighted by atomic mass is 79.9. The number of benzene rings is 2. The molecule has 0 aliphatic heterocycles. The van der Waals surface area contributed by atoms with Gasteiger partial charge in [-0.25, -0.2) is 0 Å². The summed E-state index contributed by atoms with van der Waals surface area (Å²) in [5.74, 6) is 1.75. The van der Waals surface area contributed by atoms with Gasteiger partial charge in [-0.3, -0.25) is 0 Å². The predicted octanol–water partition coefficient (Wildman–Crippen LogP) is 4.17. The Bertz CT molecular complexity index is 494. The molecule has 94 valence electrons. The van der Waals surface area contributed by atoms with Crippen LogP contribution in [0.3, 0.4) is 0 Å². The van der Waals surface area contributed by atoms with Gasteiger partial charge >= 0.3 is 0 Å². The topological polar surface area (TPSA) is 18.5 Å². The largest absolute Gasteiger partial charge is 0.497 e. The normalized spacial score (nSPS) is 10.1. The maximum Gasteiger partial charge on any atom is 0.120 e. The van der Waals surface area contributed by atoms with Crippen molar-refractivity contribution < 1.29 is 9.47 Å². The molecule has 0 saturated carbocycles. The van der Waals surface area contributed by atoms with Gasteiger partial charge in [-0.05, 0) is 35.4 Å². The lowest BCUT2D eigenvalue weighted by Crippen LogP contribution is -1.95. The highest BCUT2D eigenvalue weighted by Gasteiger charge is 1.98. The van der Waals surface area contributed by atoms with Crippen LogP contribution in [0.5, 0.6) is 11.5 Å². The first-order chi connectivity index (χ1) is 8.81. The van der Waals surface area contributed by atoms with Crippen molar-refractivity contribution in [3.05, 3.63) is 59.7 Å². The molecule has 0 radical (unpaired) electrons. The second-order valence-electron chi connectivity index (χ2n) is 3.92. The van der Waals surface area contributed by atoms with Gasteiger partial charge in [0.2, 0.25) is 0 Å². The second kappa shape index (κ2) is 6.45. The minimum absolute atomic E-state index is 0.565. The number of alkyl halides is 1. The molecule has 0 aliphatic carbocycles. The highest BCUT2D eigenvalue weighted by molar-refractivity contribution is 9.08. The standard InChI is InChI=1S/C15H15BrO2/c1-17-14-7-5-12(6-8-14)11-18-15-4-2-3-13(9-15)10-16/h2-9H,10-11H2,1H3. The number of rotatable bonds is 5. The number of halogens is 1. The second-order valence-corrected chi connectivity index (χ2v) is 4.48. The molecule has 0 unspecified atom stereocenters. The highest BCUT2D eigenvalue weighted by Crippen LogP contribution is 2.18. The lowest BCUT2D eigenvalue weighted by Gasteiger charge is -2.08. The Labute approximate surface area is 116 Å². The van der Waals surface area contributed by atoms with Crippen molar-refractivity contribution in [2.45, 2.75) is 11.9 Å². The number of ether oxygens (including phenoxy) is 2. The zero-order chi connectivity index (χ0) is 12.8. The molecule has 2 rings (SSSR count). The monoisotopic (exact) mass is 306 g/mol. The molecule has 0 bridgehead atoms. The summed E-state index contributed by atoms with van der Waals surface area (Å²) < 4.78 is 10.9. The van der Waals surface area contributed by atoms with E-state index < -0.39 is 0 Å². The quantitative estimate of drug-likeness (QED) is 0.772. The number of methoxy groups -OCH3 is 1. The van der Waals surface area contributed by atoms with Gasteiger partial charge in [-0.15, -0.1) is 0 Å². The smallest absolute Gasteiger partial charge is 0.120 e. The van der Waals surface area contributed by atoms with E-state index in [-0.39, 0.29) is 0 Å². The maximum atomic E-state index is 5.75. The summed E-state index contributed by atoms with van der Waals surface area (Å²) in [6.07, 6.45) is 0. The van der Waals surface area contributed by atoms with Gasteiger partial charge in [-0.2, -0.15) is 0 Å². The summed E-state index contributed by atoms with van der Waals surface area (Å²) in [6.45, 7) is 0.565. The van der Waals surface area contributed by atoms with Crippen molar-refractivity contribution in [2.75, 3.05) is 7.11 Å². The van der Waals surface area contributed by atoms with Crippen LogP contribution in [-0.4, -0.2) is 7.11 Å². The number of hydrogen-bond donors (Lipinski definition) is 0. The molecule has 0 saturated heterocycles. The summed E-state index contributed by atoms with van der Waals surface area (Å²) in [6, 6.07) is 16.0. The summed E-state index contributed by atoms with van der Waals surface area (Å²) in [4.78, 5) is 0. The molecule has 0 aromatic heterocycles. The van der Waals surface area contributed by atoms with Gasteiger partial charge < -0.3 is 9.47 Å². The van der Waals surface area contributed by atoms with E-state index in [4.69, 9.17) is 9.47 Å². The number of hydrogen-bond acceptors (Lipinski definition) is 2. The Kier molecular flexibility index (Phi) is 4.65. The SMILES string of the molecule is COc1ccc(COc2cccc(CBr)c2)cc1. The van der Waals surface area contributed by atoms with Crippen LogP contribution in [0.2, 0.25) is 0 Å². The fraction of sp³-hybridized carbons (Fsp3) is 0.200. The first-order valence-corrected chi connectivity index (χ1v) is 6.84. The molecule has 18 heavy (non-hydrogen) atoms. The van der Waals surface area contributed by atoms with Crippen molar-refractivity contribution in [2.24, 2.45) is 0 Å². The Balaban J connectivity index is 1.97. The fourth-order valence-electron chi connectivity index (χ4n) is 1.61. The molecule has 0 spiro atoms. The minimum Gasteiger partial charge on any atom is -0.497 e. The average Bonchev–Trinajstić information content (AvgIpc) is 2.46. The fourth-order valence-corrected chi connectivity index (χ4v) is 1.96. The van der Waals surface area contributed by atoms with Crippen molar-refractivity contribution >= 4 is 15.9 Å². The van der Waals surface area contributed by atoms with Crippen LogP contribution in [0.25, 0.3) is 0 Å². The van der Waals surface area contributed by atoms with Crippen LogP contribution in [0.1, 0.15) is 11.1 Å². The van der Waals surface area contributed by atoms with Gasteiger partial charge in [0, 0.05) is 5.33 Å². The van der Waals surface area contributed by atoms with E-state index in [1.165, 1.54) is 5.56 Å². The van der Waals surface area contributed by atoms with Gasteiger partial charge in [0.1, 0.15) is 18.1 Å². The van der Waals surface area contributed by atoms with Crippen molar-refractivity contribution in [1.29, 1.82) is 0 Å². The maximum absolute atomic E-state index is 5.75. The molecule has 2 nitrogen and oxygen atoms in total. The minimum atomic E-state index is 0.565. The van der Waals surface area contributed by atoms with E-state index in [0.29, 0.717) is 6.61 Å². The Morgan fingerprint density at radius 2 is 1.72 bits per heavy atom. The van der Waals surface area contributed by atoms with E-state index in [2.05, 4.69) is 22.0 Å². The van der Waals surface area contributed by atoms with E-state index in [1.54, 1.807) is 7.11 Å². The van der Waals surface area contributed by atoms with Crippen LogP contribution < -0.4 is 9.47 Å². The Morgan fingerprint density at radius 3 is 2.39 bits per heavy atom. The van der Waals surface area contributed by atoms with Crippen LogP contribution in [0.15, 0.2) is 48.5 Å². The third-order valence-electron chi connectivity index (χ3n) is 2.62. The Hall–Kier alpha value is -1.48. The van der Waals surface area contributed by atoms with Gasteiger partial charge in [0.05, 0.1) is 7.11 Å². The molecule has 3 heteroatoms. The predicted molar refractivity (Wildman–Crippen MR) is 76.4 cm³/mol. The third kappa shape index (κ3) is 3.50. The zero-order valence-corrected chi connectivity index (χ0v) is 11.8. The average molecular weight is 307 g/mol. The van der Waals surface area contributed by atoms with Crippen molar-refractivity contribution in [3.8, 4) is 11.5 Å². The summed E-state index contributed by atoms with van der Waals surface area (Å²) >= 11 is 3.43.